The second-order valence-corrected chi connectivity index (χ2v) is 8.41. The normalized spacial score (nSPS) is 11.5. The molecule has 0 aliphatic carbocycles. The Morgan fingerprint density at radius 2 is 1.77 bits per heavy atom. The van der Waals surface area contributed by atoms with Gasteiger partial charge in [-0.2, -0.15) is 8.42 Å². The van der Waals surface area contributed by atoms with Crippen LogP contribution in [0.4, 0.5) is 0 Å². The first kappa shape index (κ1) is 23.5. The smallest absolute Gasteiger partial charge is 0.339 e. The molecule has 1 amide bonds. The topological polar surface area (TPSA) is 72.9 Å². The van der Waals surface area contributed by atoms with Gasteiger partial charge in [0.2, 0.25) is 5.91 Å². The van der Waals surface area contributed by atoms with E-state index in [2.05, 4.69) is 6.92 Å². The summed E-state index contributed by atoms with van der Waals surface area (Å²) in [6.07, 6.45) is 5.18. The standard InChI is InChI=1S/C23H29NO5S/c1-5-7-16-24(6-2)23(25)15-11-19-10-14-21(22(17-19)28-4)29-30(26,27)20-12-8-18(3)9-13-20/h8-15,17H,5-7,16H2,1-4H3/b15-11+. The van der Waals surface area contributed by atoms with E-state index in [1.54, 1.807) is 35.2 Å². The lowest BCUT2D eigenvalue weighted by Gasteiger charge is -2.18. The molecule has 6 nitrogen and oxygen atoms in total. The maximum atomic E-state index is 12.5. The molecule has 0 N–H and O–H groups in total. The van der Waals surface area contributed by atoms with Gasteiger partial charge in [-0.3, -0.25) is 4.79 Å². The van der Waals surface area contributed by atoms with Crippen molar-refractivity contribution < 1.29 is 22.1 Å². The van der Waals surface area contributed by atoms with Crippen LogP contribution in [0.15, 0.2) is 53.4 Å². The summed E-state index contributed by atoms with van der Waals surface area (Å²) in [7, 11) is -2.55. The van der Waals surface area contributed by atoms with E-state index in [1.807, 2.05) is 13.8 Å². The number of hydrogen-bond acceptors (Lipinski definition) is 5. The van der Waals surface area contributed by atoms with Gasteiger partial charge < -0.3 is 13.8 Å². The van der Waals surface area contributed by atoms with Gasteiger partial charge in [0.15, 0.2) is 11.5 Å². The largest absolute Gasteiger partial charge is 0.493 e. The molecule has 0 unspecified atom stereocenters. The predicted molar refractivity (Wildman–Crippen MR) is 118 cm³/mol. The van der Waals surface area contributed by atoms with E-state index in [-0.39, 0.29) is 22.3 Å². The van der Waals surface area contributed by atoms with E-state index >= 15 is 0 Å². The van der Waals surface area contributed by atoms with Gasteiger partial charge in [0.05, 0.1) is 7.11 Å². The van der Waals surface area contributed by atoms with Gasteiger partial charge in [0.1, 0.15) is 4.90 Å². The average molecular weight is 432 g/mol. The number of aryl methyl sites for hydroxylation is 1. The monoisotopic (exact) mass is 431 g/mol. The summed E-state index contributed by atoms with van der Waals surface area (Å²) in [5.74, 6) is 0.283. The molecule has 30 heavy (non-hydrogen) atoms. The molecule has 0 spiro atoms. The van der Waals surface area contributed by atoms with Crippen LogP contribution in [0.5, 0.6) is 11.5 Å². The lowest BCUT2D eigenvalue weighted by molar-refractivity contribution is -0.125. The third-order valence-electron chi connectivity index (χ3n) is 4.59. The van der Waals surface area contributed by atoms with Crippen LogP contribution >= 0.6 is 0 Å². The number of hydrogen-bond donors (Lipinski definition) is 0. The van der Waals surface area contributed by atoms with Crippen LogP contribution < -0.4 is 8.92 Å². The van der Waals surface area contributed by atoms with Crippen molar-refractivity contribution in [1.82, 2.24) is 4.90 Å². The lowest BCUT2D eigenvalue weighted by Crippen LogP contribution is -2.30. The molecule has 0 bridgehead atoms. The van der Waals surface area contributed by atoms with Gasteiger partial charge in [-0.05, 0) is 56.2 Å². The molecular weight excluding hydrogens is 402 g/mol. The third-order valence-corrected chi connectivity index (χ3v) is 5.84. The molecule has 0 radical (unpaired) electrons. The summed E-state index contributed by atoms with van der Waals surface area (Å²) >= 11 is 0. The Kier molecular flexibility index (Phi) is 8.47. The number of carbonyl (C=O) groups is 1. The first-order valence-electron chi connectivity index (χ1n) is 9.97. The fraction of sp³-hybridized carbons (Fsp3) is 0.348. The van der Waals surface area contributed by atoms with E-state index in [4.69, 9.17) is 8.92 Å². The first-order chi connectivity index (χ1) is 14.3. The van der Waals surface area contributed by atoms with E-state index in [0.29, 0.717) is 12.1 Å². The van der Waals surface area contributed by atoms with Crippen molar-refractivity contribution in [2.45, 2.75) is 38.5 Å². The maximum absolute atomic E-state index is 12.5. The Hall–Kier alpha value is -2.80. The Bertz CT molecular complexity index is 981. The van der Waals surface area contributed by atoms with E-state index in [1.165, 1.54) is 31.4 Å². The van der Waals surface area contributed by atoms with Crippen LogP contribution in [0.2, 0.25) is 0 Å². The number of amides is 1. The van der Waals surface area contributed by atoms with Gasteiger partial charge in [0, 0.05) is 19.2 Å². The minimum Gasteiger partial charge on any atom is -0.493 e. The van der Waals surface area contributed by atoms with E-state index < -0.39 is 10.1 Å². The number of ether oxygens (including phenoxy) is 1. The number of benzene rings is 2. The Morgan fingerprint density at radius 1 is 1.07 bits per heavy atom. The highest BCUT2D eigenvalue weighted by molar-refractivity contribution is 7.87. The molecule has 0 aromatic heterocycles. The lowest BCUT2D eigenvalue weighted by atomic mass is 10.2. The SMILES string of the molecule is CCCCN(CC)C(=O)/C=C/c1ccc(OS(=O)(=O)c2ccc(C)cc2)c(OC)c1. The summed E-state index contributed by atoms with van der Waals surface area (Å²) < 4.78 is 35.6. The molecule has 0 aliphatic heterocycles. The Labute approximate surface area is 179 Å². The number of methoxy groups -OCH3 is 1. The van der Waals surface area contributed by atoms with Crippen LogP contribution in [0, 0.1) is 6.92 Å². The number of unbranched alkanes of at least 4 members (excludes halogenated alkanes) is 1. The molecule has 0 heterocycles. The van der Waals surface area contributed by atoms with Gasteiger partial charge in [-0.1, -0.05) is 37.1 Å². The van der Waals surface area contributed by atoms with Gasteiger partial charge in [-0.15, -0.1) is 0 Å². The van der Waals surface area contributed by atoms with Crippen LogP contribution in [-0.4, -0.2) is 39.4 Å². The number of likely N-dealkylation sites (N-methyl/N-ethyl adjacent to an activating group) is 1. The highest BCUT2D eigenvalue weighted by Crippen LogP contribution is 2.31. The summed E-state index contributed by atoms with van der Waals surface area (Å²) in [6, 6.07) is 11.2. The predicted octanol–water partition coefficient (Wildman–Crippen LogP) is 4.43. The number of rotatable bonds is 10. The van der Waals surface area contributed by atoms with Gasteiger partial charge >= 0.3 is 10.1 Å². The molecule has 0 fully saturated rings. The molecule has 2 aromatic rings. The van der Waals surface area contributed by atoms with Crippen molar-refractivity contribution >= 4 is 22.1 Å². The molecule has 7 heteroatoms. The van der Waals surface area contributed by atoms with Crippen molar-refractivity contribution in [3.05, 3.63) is 59.7 Å². The summed E-state index contributed by atoms with van der Waals surface area (Å²) in [5.41, 5.74) is 1.65. The highest BCUT2D eigenvalue weighted by atomic mass is 32.2. The van der Waals surface area contributed by atoms with Crippen LogP contribution in [-0.2, 0) is 14.9 Å². The minimum absolute atomic E-state index is 0.0628. The molecule has 162 valence electrons. The molecular formula is C23H29NO5S. The molecule has 2 aromatic carbocycles. The quantitative estimate of drug-likeness (QED) is 0.411. The van der Waals surface area contributed by atoms with E-state index in [0.717, 1.165) is 24.9 Å². The van der Waals surface area contributed by atoms with Crippen molar-refractivity contribution in [2.75, 3.05) is 20.2 Å². The summed E-state index contributed by atoms with van der Waals surface area (Å²) in [5, 5.41) is 0. The second-order valence-electron chi connectivity index (χ2n) is 6.87. The van der Waals surface area contributed by atoms with Crippen LogP contribution in [0.3, 0.4) is 0 Å². The number of nitrogens with zero attached hydrogens (tertiary/aromatic N) is 1. The molecule has 0 atom stereocenters. The van der Waals surface area contributed by atoms with Crippen molar-refractivity contribution in [3.63, 3.8) is 0 Å². The number of carbonyl (C=O) groups excluding carboxylic acids is 1. The van der Waals surface area contributed by atoms with Crippen LogP contribution in [0.1, 0.15) is 37.8 Å². The molecule has 0 saturated carbocycles. The fourth-order valence-electron chi connectivity index (χ4n) is 2.77. The molecule has 2 rings (SSSR count). The van der Waals surface area contributed by atoms with Gasteiger partial charge in [0.25, 0.3) is 0 Å². The van der Waals surface area contributed by atoms with Crippen molar-refractivity contribution in [1.29, 1.82) is 0 Å². The van der Waals surface area contributed by atoms with Crippen molar-refractivity contribution in [2.24, 2.45) is 0 Å². The highest BCUT2D eigenvalue weighted by Gasteiger charge is 2.19. The van der Waals surface area contributed by atoms with Crippen molar-refractivity contribution in [3.8, 4) is 11.5 Å². The maximum Gasteiger partial charge on any atom is 0.339 e. The summed E-state index contributed by atoms with van der Waals surface area (Å²) in [6.45, 7) is 7.29. The molecule has 0 aliphatic rings. The zero-order valence-electron chi connectivity index (χ0n) is 17.9. The zero-order chi connectivity index (χ0) is 22.1. The first-order valence-corrected chi connectivity index (χ1v) is 11.4. The Morgan fingerprint density at radius 3 is 2.37 bits per heavy atom. The zero-order valence-corrected chi connectivity index (χ0v) is 18.7. The van der Waals surface area contributed by atoms with Gasteiger partial charge in [-0.25, -0.2) is 0 Å². The Balaban J connectivity index is 2.18. The third kappa shape index (κ3) is 6.35. The summed E-state index contributed by atoms with van der Waals surface area (Å²) in [4.78, 5) is 14.2. The molecule has 0 saturated heterocycles. The fourth-order valence-corrected chi connectivity index (χ4v) is 3.71. The second kappa shape index (κ2) is 10.8. The average Bonchev–Trinajstić information content (AvgIpc) is 2.73. The minimum atomic E-state index is -3.98. The van der Waals surface area contributed by atoms with E-state index in [9.17, 15) is 13.2 Å². The van der Waals surface area contributed by atoms with Crippen LogP contribution in [0.25, 0.3) is 6.08 Å².